The van der Waals surface area contributed by atoms with Crippen LogP contribution < -0.4 is 9.64 Å². The number of para-hydroxylation sites is 1. The minimum atomic E-state index is -4.50. The molecule has 1 aliphatic heterocycles. The van der Waals surface area contributed by atoms with Crippen molar-refractivity contribution in [2.24, 2.45) is 5.92 Å². The minimum Gasteiger partial charge on any atom is -0.484 e. The van der Waals surface area contributed by atoms with E-state index >= 15 is 0 Å². The van der Waals surface area contributed by atoms with Gasteiger partial charge in [-0.1, -0.05) is 49.3 Å². The lowest BCUT2D eigenvalue weighted by molar-refractivity contribution is -0.137. The highest BCUT2D eigenvalue weighted by atomic mass is 19.4. The van der Waals surface area contributed by atoms with Crippen LogP contribution in [0.2, 0.25) is 0 Å². The first kappa shape index (κ1) is 27.4. The van der Waals surface area contributed by atoms with Crippen molar-refractivity contribution in [1.29, 1.82) is 0 Å². The van der Waals surface area contributed by atoms with Gasteiger partial charge in [-0.3, -0.25) is 4.79 Å². The Morgan fingerprint density at radius 1 is 1.02 bits per heavy atom. The van der Waals surface area contributed by atoms with Crippen LogP contribution in [0.4, 0.5) is 19.0 Å². The van der Waals surface area contributed by atoms with E-state index < -0.39 is 11.7 Å². The summed E-state index contributed by atoms with van der Waals surface area (Å²) >= 11 is 0. The van der Waals surface area contributed by atoms with Crippen LogP contribution in [0, 0.1) is 5.92 Å². The van der Waals surface area contributed by atoms with E-state index in [0.29, 0.717) is 61.8 Å². The number of halogens is 3. The Morgan fingerprint density at radius 2 is 1.82 bits per heavy atom. The van der Waals surface area contributed by atoms with E-state index in [1.54, 1.807) is 23.1 Å². The van der Waals surface area contributed by atoms with Crippen LogP contribution in [0.15, 0.2) is 59.1 Å². The fourth-order valence-electron chi connectivity index (χ4n) is 4.74. The number of aromatic nitrogens is 3. The maximum absolute atomic E-state index is 13.4. The molecule has 0 radical (unpaired) electrons. The highest BCUT2D eigenvalue weighted by Crippen LogP contribution is 2.37. The molecule has 1 aliphatic rings. The monoisotopic (exact) mass is 553 g/mol. The predicted molar refractivity (Wildman–Crippen MR) is 144 cm³/mol. The highest BCUT2D eigenvalue weighted by Gasteiger charge is 2.32. The first-order valence-electron chi connectivity index (χ1n) is 13.2. The zero-order valence-electron chi connectivity index (χ0n) is 22.3. The van der Waals surface area contributed by atoms with Crippen LogP contribution in [-0.4, -0.2) is 58.7 Å². The van der Waals surface area contributed by atoms with Crippen molar-refractivity contribution in [3.05, 3.63) is 66.0 Å². The molecular formula is C29H30F3N5O3. The van der Waals surface area contributed by atoms with Gasteiger partial charge >= 0.3 is 6.18 Å². The largest absolute Gasteiger partial charge is 0.484 e. The Bertz CT molecular complexity index is 1470. The molecule has 0 atom stereocenters. The van der Waals surface area contributed by atoms with Gasteiger partial charge in [-0.05, 0) is 36.6 Å². The van der Waals surface area contributed by atoms with Gasteiger partial charge in [-0.15, -0.1) is 0 Å². The van der Waals surface area contributed by atoms with Gasteiger partial charge in [0.15, 0.2) is 6.61 Å². The number of carbonyl (C=O) groups excluding carboxylic acids is 1. The number of amides is 1. The van der Waals surface area contributed by atoms with E-state index in [1.807, 2.05) is 23.1 Å². The van der Waals surface area contributed by atoms with E-state index in [4.69, 9.17) is 14.2 Å². The number of alkyl halides is 3. The molecule has 1 fully saturated rings. The summed E-state index contributed by atoms with van der Waals surface area (Å²) in [6, 6.07) is 14.2. The molecule has 0 spiro atoms. The molecule has 210 valence electrons. The summed E-state index contributed by atoms with van der Waals surface area (Å²) in [6.45, 7) is 6.08. The predicted octanol–water partition coefficient (Wildman–Crippen LogP) is 5.62. The zero-order chi connectivity index (χ0) is 28.3. The number of nitrogens with zero attached hydrogens (tertiary/aromatic N) is 5. The van der Waals surface area contributed by atoms with Crippen molar-refractivity contribution >= 4 is 22.8 Å². The highest BCUT2D eigenvalue weighted by molar-refractivity contribution is 5.98. The molecule has 0 N–H and O–H groups in total. The Morgan fingerprint density at radius 3 is 2.58 bits per heavy atom. The number of hydrogen-bond donors (Lipinski definition) is 0. The van der Waals surface area contributed by atoms with Gasteiger partial charge in [0.2, 0.25) is 0 Å². The topological polar surface area (TPSA) is 84.6 Å². The Hall–Kier alpha value is -4.15. The van der Waals surface area contributed by atoms with Crippen molar-refractivity contribution in [1.82, 2.24) is 20.0 Å². The second-order valence-corrected chi connectivity index (χ2v) is 10.2. The molecule has 2 aromatic heterocycles. The van der Waals surface area contributed by atoms with Gasteiger partial charge in [-0.25, -0.2) is 4.98 Å². The van der Waals surface area contributed by atoms with E-state index in [0.717, 1.165) is 12.1 Å². The van der Waals surface area contributed by atoms with Crippen molar-refractivity contribution in [3.8, 4) is 17.0 Å². The average Bonchev–Trinajstić information content (AvgIpc) is 3.20. The molecule has 0 saturated carbocycles. The molecule has 0 bridgehead atoms. The molecule has 2 aromatic carbocycles. The normalized spacial score (nSPS) is 14.6. The van der Waals surface area contributed by atoms with Crippen molar-refractivity contribution in [2.75, 3.05) is 37.7 Å². The first-order valence-corrected chi connectivity index (χ1v) is 13.2. The number of ether oxygens (including phenoxy) is 1. The SMILES string of the molecule is CC(C)Cc1nc(N2CCCN(C(=O)COc3ccccc3)CC2)c2c(-c3cccc(C(F)(F)F)c3)noc2n1. The molecule has 1 saturated heterocycles. The maximum atomic E-state index is 13.4. The number of carbonyl (C=O) groups is 1. The van der Waals surface area contributed by atoms with Crippen molar-refractivity contribution < 1.29 is 27.2 Å². The van der Waals surface area contributed by atoms with Crippen LogP contribution in [-0.2, 0) is 17.4 Å². The molecule has 1 amide bonds. The van der Waals surface area contributed by atoms with E-state index in [9.17, 15) is 18.0 Å². The van der Waals surface area contributed by atoms with Gasteiger partial charge in [0.1, 0.15) is 28.5 Å². The molecule has 0 aliphatic carbocycles. The summed E-state index contributed by atoms with van der Waals surface area (Å²) in [5.41, 5.74) is -0.0384. The summed E-state index contributed by atoms with van der Waals surface area (Å²) in [7, 11) is 0. The Balaban J connectivity index is 1.44. The third-order valence-electron chi connectivity index (χ3n) is 6.67. The number of benzene rings is 2. The van der Waals surface area contributed by atoms with Crippen LogP contribution in [0.5, 0.6) is 5.75 Å². The van der Waals surface area contributed by atoms with Crippen LogP contribution in [0.1, 0.15) is 31.7 Å². The molecular weight excluding hydrogens is 523 g/mol. The molecule has 5 rings (SSSR count). The zero-order valence-corrected chi connectivity index (χ0v) is 22.3. The second-order valence-electron chi connectivity index (χ2n) is 10.2. The standard InChI is InChI=1S/C29H30F3N5O3/c1-19(2)16-23-33-27(25-26(35-40-28(25)34-23)20-8-6-9-21(17-20)29(30,31)32)37-13-7-12-36(14-15-37)24(38)18-39-22-10-4-3-5-11-22/h3-6,8-11,17,19H,7,12-16,18H2,1-2H3. The summed E-state index contributed by atoms with van der Waals surface area (Å²) in [5, 5.41) is 4.59. The summed E-state index contributed by atoms with van der Waals surface area (Å²) < 4.78 is 51.5. The summed E-state index contributed by atoms with van der Waals surface area (Å²) in [5.74, 6) is 1.90. The molecule has 11 heteroatoms. The third kappa shape index (κ3) is 6.19. The smallest absolute Gasteiger partial charge is 0.416 e. The van der Waals surface area contributed by atoms with E-state index in [1.165, 1.54) is 6.07 Å². The second kappa shape index (κ2) is 11.5. The van der Waals surface area contributed by atoms with Gasteiger partial charge in [-0.2, -0.15) is 18.2 Å². The number of anilines is 1. The number of rotatable bonds is 7. The minimum absolute atomic E-state index is 0.0638. The first-order chi connectivity index (χ1) is 19.2. The van der Waals surface area contributed by atoms with Crippen LogP contribution >= 0.6 is 0 Å². The van der Waals surface area contributed by atoms with Gasteiger partial charge in [0.25, 0.3) is 11.6 Å². The lowest BCUT2D eigenvalue weighted by atomic mass is 10.1. The number of fused-ring (bicyclic) bond motifs is 1. The molecule has 4 aromatic rings. The average molecular weight is 554 g/mol. The van der Waals surface area contributed by atoms with E-state index in [2.05, 4.69) is 24.0 Å². The summed E-state index contributed by atoms with van der Waals surface area (Å²) in [4.78, 5) is 26.1. The fourth-order valence-corrected chi connectivity index (χ4v) is 4.74. The van der Waals surface area contributed by atoms with Crippen molar-refractivity contribution in [2.45, 2.75) is 32.9 Å². The lowest BCUT2D eigenvalue weighted by Gasteiger charge is -2.24. The molecule has 40 heavy (non-hydrogen) atoms. The number of hydrogen-bond acceptors (Lipinski definition) is 7. The summed E-state index contributed by atoms with van der Waals surface area (Å²) in [6.07, 6.45) is -3.23. The van der Waals surface area contributed by atoms with Gasteiger partial charge in [0.05, 0.1) is 5.56 Å². The lowest BCUT2D eigenvalue weighted by Crippen LogP contribution is -2.38. The van der Waals surface area contributed by atoms with Crippen molar-refractivity contribution in [3.63, 3.8) is 0 Å². The van der Waals surface area contributed by atoms with Gasteiger partial charge < -0.3 is 19.1 Å². The molecule has 8 nitrogen and oxygen atoms in total. The Labute approximate surface area is 229 Å². The quantitative estimate of drug-likeness (QED) is 0.294. The molecule has 0 unspecified atom stereocenters. The van der Waals surface area contributed by atoms with Crippen LogP contribution in [0.3, 0.4) is 0 Å². The fraction of sp³-hybridized carbons (Fsp3) is 0.379. The third-order valence-corrected chi connectivity index (χ3v) is 6.67. The molecule has 3 heterocycles. The maximum Gasteiger partial charge on any atom is 0.416 e. The van der Waals surface area contributed by atoms with E-state index in [-0.39, 0.29) is 35.4 Å². The van der Waals surface area contributed by atoms with Crippen LogP contribution in [0.25, 0.3) is 22.4 Å². The Kier molecular flexibility index (Phi) is 7.90. The van der Waals surface area contributed by atoms with Gasteiger partial charge in [0, 0.05) is 38.2 Å².